The molecule has 1 aromatic rings. The van der Waals surface area contributed by atoms with Crippen LogP contribution < -0.4 is 5.32 Å². The third-order valence-corrected chi connectivity index (χ3v) is 2.39. The molecule has 1 aliphatic rings. The third kappa shape index (κ3) is 1.83. The highest BCUT2D eigenvalue weighted by Gasteiger charge is 2.24. The van der Waals surface area contributed by atoms with Crippen LogP contribution in [-0.2, 0) is 4.79 Å². The molecule has 0 aliphatic carbocycles. The van der Waals surface area contributed by atoms with E-state index in [1.807, 2.05) is 25.1 Å². The number of nitrogens with zero attached hydrogens (tertiary/aromatic N) is 1. The zero-order valence-electron chi connectivity index (χ0n) is 8.54. The molecule has 1 heterocycles. The first-order chi connectivity index (χ1) is 7.08. The van der Waals surface area contributed by atoms with Gasteiger partial charge in [0.2, 0.25) is 0 Å². The Bertz CT molecular complexity index is 452. The maximum absolute atomic E-state index is 11.6. The van der Waals surface area contributed by atoms with Crippen molar-refractivity contribution < 1.29 is 4.79 Å². The van der Waals surface area contributed by atoms with Gasteiger partial charge in [0.05, 0.1) is 5.57 Å². The number of amides is 1. The van der Waals surface area contributed by atoms with Crippen molar-refractivity contribution in [2.75, 3.05) is 19.4 Å². The molecule has 1 N–H and O–H groups in total. The molecule has 0 aromatic heterocycles. The van der Waals surface area contributed by atoms with E-state index in [9.17, 15) is 4.79 Å². The summed E-state index contributed by atoms with van der Waals surface area (Å²) in [6, 6.07) is 5.37. The highest BCUT2D eigenvalue weighted by molar-refractivity contribution is 6.34. The van der Waals surface area contributed by atoms with E-state index in [1.165, 1.54) is 0 Å². The van der Waals surface area contributed by atoms with Gasteiger partial charge in [0, 0.05) is 36.6 Å². The molecular formula is C11H11ClN2O. The second kappa shape index (κ2) is 3.59. The quantitative estimate of drug-likeness (QED) is 0.739. The second-order valence-electron chi connectivity index (χ2n) is 3.65. The molecular weight excluding hydrogens is 212 g/mol. The minimum Gasteiger partial charge on any atom is -0.383 e. The Morgan fingerprint density at radius 3 is 2.80 bits per heavy atom. The van der Waals surface area contributed by atoms with Crippen LogP contribution in [0, 0.1) is 0 Å². The number of benzene rings is 1. The average molecular weight is 223 g/mol. The van der Waals surface area contributed by atoms with Crippen LogP contribution in [0.5, 0.6) is 0 Å². The van der Waals surface area contributed by atoms with Crippen LogP contribution >= 0.6 is 11.6 Å². The number of carbonyl (C=O) groups is 1. The fourth-order valence-corrected chi connectivity index (χ4v) is 1.72. The van der Waals surface area contributed by atoms with Crippen molar-refractivity contribution >= 4 is 28.8 Å². The highest BCUT2D eigenvalue weighted by atomic mass is 35.5. The van der Waals surface area contributed by atoms with E-state index in [0.29, 0.717) is 10.6 Å². The number of anilines is 1. The van der Waals surface area contributed by atoms with E-state index in [0.717, 1.165) is 11.3 Å². The highest BCUT2D eigenvalue weighted by Crippen LogP contribution is 2.33. The lowest BCUT2D eigenvalue weighted by atomic mass is 10.1. The predicted octanol–water partition coefficient (Wildman–Crippen LogP) is 2.19. The summed E-state index contributed by atoms with van der Waals surface area (Å²) in [4.78, 5) is 13.5. The standard InChI is InChI=1S/C11H11ClN2O/c1-14(2)6-9-8-5-7(12)3-4-10(8)13-11(9)15/h3-6H,1-2H3,(H,13,15)/b9-6-. The minimum atomic E-state index is -0.0824. The monoisotopic (exact) mass is 222 g/mol. The van der Waals surface area contributed by atoms with Crippen molar-refractivity contribution in [3.8, 4) is 0 Å². The van der Waals surface area contributed by atoms with Crippen LogP contribution in [0.1, 0.15) is 5.56 Å². The molecule has 0 saturated heterocycles. The summed E-state index contributed by atoms with van der Waals surface area (Å²) in [5.41, 5.74) is 2.33. The Labute approximate surface area is 93.3 Å². The number of carbonyl (C=O) groups excluding carboxylic acids is 1. The van der Waals surface area contributed by atoms with Crippen LogP contribution in [0.3, 0.4) is 0 Å². The molecule has 0 saturated carbocycles. The zero-order chi connectivity index (χ0) is 11.0. The van der Waals surface area contributed by atoms with E-state index in [2.05, 4.69) is 5.32 Å². The van der Waals surface area contributed by atoms with Gasteiger partial charge in [-0.05, 0) is 18.2 Å². The molecule has 1 amide bonds. The van der Waals surface area contributed by atoms with Crippen molar-refractivity contribution in [1.82, 2.24) is 4.90 Å². The van der Waals surface area contributed by atoms with Gasteiger partial charge in [0.1, 0.15) is 0 Å². The van der Waals surface area contributed by atoms with E-state index in [-0.39, 0.29) is 5.91 Å². The van der Waals surface area contributed by atoms with Gasteiger partial charge in [0.25, 0.3) is 5.91 Å². The van der Waals surface area contributed by atoms with Crippen molar-refractivity contribution in [2.45, 2.75) is 0 Å². The lowest BCUT2D eigenvalue weighted by molar-refractivity contribution is -0.110. The molecule has 0 bridgehead atoms. The SMILES string of the molecule is CN(C)/C=C1\C(=O)Nc2ccc(Cl)cc21. The Morgan fingerprint density at radius 1 is 1.40 bits per heavy atom. The molecule has 1 aliphatic heterocycles. The number of rotatable bonds is 1. The third-order valence-electron chi connectivity index (χ3n) is 2.15. The van der Waals surface area contributed by atoms with Gasteiger partial charge >= 0.3 is 0 Å². The smallest absolute Gasteiger partial charge is 0.257 e. The topological polar surface area (TPSA) is 32.3 Å². The number of hydrogen-bond acceptors (Lipinski definition) is 2. The lowest BCUT2D eigenvalue weighted by Crippen LogP contribution is -2.08. The second-order valence-corrected chi connectivity index (χ2v) is 4.09. The van der Waals surface area contributed by atoms with E-state index in [1.54, 1.807) is 18.3 Å². The summed E-state index contributed by atoms with van der Waals surface area (Å²) in [5, 5.41) is 3.42. The van der Waals surface area contributed by atoms with Crippen LogP contribution in [0.15, 0.2) is 24.4 Å². The van der Waals surface area contributed by atoms with Crippen LogP contribution in [0.25, 0.3) is 5.57 Å². The van der Waals surface area contributed by atoms with Crippen molar-refractivity contribution in [3.63, 3.8) is 0 Å². The van der Waals surface area contributed by atoms with Gasteiger partial charge < -0.3 is 10.2 Å². The van der Waals surface area contributed by atoms with E-state index < -0.39 is 0 Å². The van der Waals surface area contributed by atoms with E-state index >= 15 is 0 Å². The van der Waals surface area contributed by atoms with Gasteiger partial charge in [-0.15, -0.1) is 0 Å². The van der Waals surface area contributed by atoms with Gasteiger partial charge in [-0.3, -0.25) is 4.79 Å². The molecule has 4 heteroatoms. The van der Waals surface area contributed by atoms with Gasteiger partial charge in [-0.1, -0.05) is 11.6 Å². The maximum Gasteiger partial charge on any atom is 0.257 e. The molecule has 0 radical (unpaired) electrons. The molecule has 1 aromatic carbocycles. The Kier molecular flexibility index (Phi) is 2.40. The van der Waals surface area contributed by atoms with Gasteiger partial charge in [0.15, 0.2) is 0 Å². The van der Waals surface area contributed by atoms with E-state index in [4.69, 9.17) is 11.6 Å². The molecule has 0 spiro atoms. The molecule has 15 heavy (non-hydrogen) atoms. The van der Waals surface area contributed by atoms with Crippen molar-refractivity contribution in [3.05, 3.63) is 35.0 Å². The Morgan fingerprint density at radius 2 is 2.13 bits per heavy atom. The Balaban J connectivity index is 2.53. The summed E-state index contributed by atoms with van der Waals surface area (Å²) in [5.74, 6) is -0.0824. The molecule has 78 valence electrons. The van der Waals surface area contributed by atoms with Gasteiger partial charge in [-0.25, -0.2) is 0 Å². The van der Waals surface area contributed by atoms with Crippen LogP contribution in [-0.4, -0.2) is 24.9 Å². The molecule has 2 rings (SSSR count). The summed E-state index contributed by atoms with van der Waals surface area (Å²) >= 11 is 5.89. The number of nitrogens with one attached hydrogen (secondary N) is 1. The molecule has 0 atom stereocenters. The largest absolute Gasteiger partial charge is 0.383 e. The fraction of sp³-hybridized carbons (Fsp3) is 0.182. The van der Waals surface area contributed by atoms with Crippen LogP contribution in [0.4, 0.5) is 5.69 Å². The first kappa shape index (κ1) is 10.1. The number of halogens is 1. The normalized spacial score (nSPS) is 16.5. The summed E-state index contributed by atoms with van der Waals surface area (Å²) < 4.78 is 0. The van der Waals surface area contributed by atoms with Crippen molar-refractivity contribution in [2.24, 2.45) is 0 Å². The average Bonchev–Trinajstić information content (AvgIpc) is 2.43. The number of fused-ring (bicyclic) bond motifs is 1. The lowest BCUT2D eigenvalue weighted by Gasteiger charge is -2.06. The Hall–Kier alpha value is -1.48. The summed E-state index contributed by atoms with van der Waals surface area (Å²) in [7, 11) is 3.76. The molecule has 3 nitrogen and oxygen atoms in total. The van der Waals surface area contributed by atoms with Crippen LogP contribution in [0.2, 0.25) is 5.02 Å². The summed E-state index contributed by atoms with van der Waals surface area (Å²) in [6.07, 6.45) is 1.79. The van der Waals surface area contributed by atoms with Gasteiger partial charge in [-0.2, -0.15) is 0 Å². The minimum absolute atomic E-state index is 0.0824. The number of hydrogen-bond donors (Lipinski definition) is 1. The first-order valence-corrected chi connectivity index (χ1v) is 4.95. The zero-order valence-corrected chi connectivity index (χ0v) is 9.30. The first-order valence-electron chi connectivity index (χ1n) is 4.57. The maximum atomic E-state index is 11.6. The predicted molar refractivity (Wildman–Crippen MR) is 61.7 cm³/mol. The molecule has 0 fully saturated rings. The summed E-state index contributed by atoms with van der Waals surface area (Å²) in [6.45, 7) is 0. The van der Waals surface area contributed by atoms with Crippen molar-refractivity contribution in [1.29, 1.82) is 0 Å². The molecule has 0 unspecified atom stereocenters. The fourth-order valence-electron chi connectivity index (χ4n) is 1.55.